The molecule has 0 radical (unpaired) electrons. The Bertz CT molecular complexity index is 1560. The van der Waals surface area contributed by atoms with Gasteiger partial charge < -0.3 is 16.0 Å². The summed E-state index contributed by atoms with van der Waals surface area (Å²) in [7, 11) is 0. The van der Waals surface area contributed by atoms with Gasteiger partial charge in [-0.25, -0.2) is 4.39 Å². The standard InChI is InChI=1S/C31H25BrFN3O3S/c1-20-6-5-7-21(16-20)17-28(36-30(38)22-8-3-2-4-9-22)31(39)34-24-11-13-25(14-12-24)40-19-29(37)35-27-15-10-23(32)18-26(27)33/h2-18H,19H2,1H3,(H,34,39)(H,35,37)(H,36,38)/b28-17-. The van der Waals surface area contributed by atoms with Gasteiger partial charge in [0.1, 0.15) is 11.5 Å². The van der Waals surface area contributed by atoms with E-state index in [1.807, 2.05) is 37.3 Å². The topological polar surface area (TPSA) is 87.3 Å². The zero-order chi connectivity index (χ0) is 28.5. The molecule has 0 saturated heterocycles. The number of aryl methyl sites for hydroxylation is 1. The summed E-state index contributed by atoms with van der Waals surface area (Å²) in [6, 6.07) is 27.6. The number of thioether (sulfide) groups is 1. The third-order valence-corrected chi connectivity index (χ3v) is 7.07. The van der Waals surface area contributed by atoms with Gasteiger partial charge in [-0.3, -0.25) is 14.4 Å². The van der Waals surface area contributed by atoms with E-state index in [4.69, 9.17) is 0 Å². The molecule has 40 heavy (non-hydrogen) atoms. The van der Waals surface area contributed by atoms with E-state index >= 15 is 0 Å². The molecule has 0 saturated carbocycles. The molecule has 0 aliphatic carbocycles. The summed E-state index contributed by atoms with van der Waals surface area (Å²) in [6.07, 6.45) is 1.63. The number of halogens is 2. The molecule has 4 rings (SSSR count). The Morgan fingerprint density at radius 1 is 0.875 bits per heavy atom. The molecule has 0 aromatic heterocycles. The lowest BCUT2D eigenvalue weighted by Crippen LogP contribution is -2.30. The Hall–Kier alpha value is -4.21. The molecule has 4 aromatic rings. The van der Waals surface area contributed by atoms with Crippen LogP contribution in [0.2, 0.25) is 0 Å². The van der Waals surface area contributed by atoms with Crippen LogP contribution in [-0.2, 0) is 9.59 Å². The molecule has 0 aliphatic rings. The van der Waals surface area contributed by atoms with Crippen LogP contribution in [0, 0.1) is 12.7 Å². The van der Waals surface area contributed by atoms with E-state index in [1.165, 1.54) is 23.9 Å². The molecule has 0 heterocycles. The van der Waals surface area contributed by atoms with E-state index in [-0.39, 0.29) is 23.0 Å². The number of anilines is 2. The maximum atomic E-state index is 14.0. The number of nitrogens with one attached hydrogen (secondary N) is 3. The molecule has 3 N–H and O–H groups in total. The van der Waals surface area contributed by atoms with Crippen molar-refractivity contribution in [2.45, 2.75) is 11.8 Å². The van der Waals surface area contributed by atoms with Crippen molar-refractivity contribution >= 4 is 62.9 Å². The molecule has 202 valence electrons. The lowest BCUT2D eigenvalue weighted by Gasteiger charge is -2.12. The van der Waals surface area contributed by atoms with E-state index in [0.717, 1.165) is 16.0 Å². The quantitative estimate of drug-likeness (QED) is 0.139. The molecule has 4 aromatic carbocycles. The van der Waals surface area contributed by atoms with Crippen molar-refractivity contribution < 1.29 is 18.8 Å². The van der Waals surface area contributed by atoms with Crippen molar-refractivity contribution in [2.24, 2.45) is 0 Å². The van der Waals surface area contributed by atoms with Crippen LogP contribution in [0.3, 0.4) is 0 Å². The van der Waals surface area contributed by atoms with Gasteiger partial charge in [0, 0.05) is 20.6 Å². The van der Waals surface area contributed by atoms with E-state index < -0.39 is 17.6 Å². The third-order valence-electron chi connectivity index (χ3n) is 5.57. The van der Waals surface area contributed by atoms with Crippen molar-refractivity contribution in [1.82, 2.24) is 5.32 Å². The Morgan fingerprint density at radius 2 is 1.62 bits per heavy atom. The highest BCUT2D eigenvalue weighted by molar-refractivity contribution is 9.10. The van der Waals surface area contributed by atoms with Crippen molar-refractivity contribution in [1.29, 1.82) is 0 Å². The fourth-order valence-corrected chi connectivity index (χ4v) is 4.66. The fourth-order valence-electron chi connectivity index (χ4n) is 3.63. The van der Waals surface area contributed by atoms with Gasteiger partial charge in [0.05, 0.1) is 11.4 Å². The van der Waals surface area contributed by atoms with E-state index in [2.05, 4.69) is 31.9 Å². The van der Waals surface area contributed by atoms with Crippen molar-refractivity contribution in [3.05, 3.63) is 130 Å². The van der Waals surface area contributed by atoms with Crippen LogP contribution in [0.5, 0.6) is 0 Å². The molecule has 6 nitrogen and oxygen atoms in total. The second kappa shape index (κ2) is 13.7. The molecule has 3 amide bonds. The smallest absolute Gasteiger partial charge is 0.272 e. The van der Waals surface area contributed by atoms with Crippen LogP contribution in [0.1, 0.15) is 21.5 Å². The minimum Gasteiger partial charge on any atom is -0.323 e. The highest BCUT2D eigenvalue weighted by Crippen LogP contribution is 2.23. The second-order valence-corrected chi connectivity index (χ2v) is 10.7. The maximum absolute atomic E-state index is 14.0. The van der Waals surface area contributed by atoms with Crippen LogP contribution in [-0.4, -0.2) is 23.5 Å². The van der Waals surface area contributed by atoms with Gasteiger partial charge >= 0.3 is 0 Å². The highest BCUT2D eigenvalue weighted by atomic mass is 79.9. The average Bonchev–Trinajstić information content (AvgIpc) is 2.94. The predicted octanol–water partition coefficient (Wildman–Crippen LogP) is 7.04. The molecule has 0 bridgehead atoms. The molecule has 0 aliphatic heterocycles. The number of hydrogen-bond donors (Lipinski definition) is 3. The summed E-state index contributed by atoms with van der Waals surface area (Å²) in [6.45, 7) is 1.95. The first-order valence-corrected chi connectivity index (χ1v) is 14.0. The van der Waals surface area contributed by atoms with Crippen molar-refractivity contribution in [3.8, 4) is 0 Å². The summed E-state index contributed by atoms with van der Waals surface area (Å²) in [5, 5.41) is 8.09. The zero-order valence-corrected chi connectivity index (χ0v) is 23.8. The number of carbonyl (C=O) groups is 3. The summed E-state index contributed by atoms with van der Waals surface area (Å²) in [5.41, 5.74) is 2.94. The van der Waals surface area contributed by atoms with Crippen molar-refractivity contribution in [2.75, 3.05) is 16.4 Å². The SMILES string of the molecule is Cc1cccc(/C=C(\NC(=O)c2ccccc2)C(=O)Nc2ccc(SCC(=O)Nc3ccc(Br)cc3F)cc2)c1. The number of rotatable bonds is 9. The first-order chi connectivity index (χ1) is 19.3. The molecular formula is C31H25BrFN3O3S. The van der Waals surface area contributed by atoms with Crippen LogP contribution < -0.4 is 16.0 Å². The van der Waals surface area contributed by atoms with Gasteiger partial charge in [-0.1, -0.05) is 64.0 Å². The minimum absolute atomic E-state index is 0.0795. The van der Waals surface area contributed by atoms with Gasteiger partial charge in [-0.2, -0.15) is 0 Å². The normalized spacial score (nSPS) is 11.0. The molecular weight excluding hydrogens is 593 g/mol. The fraction of sp³-hybridized carbons (Fsp3) is 0.0645. The Balaban J connectivity index is 1.40. The molecule has 0 fully saturated rings. The van der Waals surface area contributed by atoms with E-state index in [1.54, 1.807) is 60.7 Å². The largest absolute Gasteiger partial charge is 0.323 e. The van der Waals surface area contributed by atoms with E-state index in [0.29, 0.717) is 15.7 Å². The molecule has 0 atom stereocenters. The summed E-state index contributed by atoms with van der Waals surface area (Å²) < 4.78 is 14.5. The average molecular weight is 619 g/mol. The Kier molecular flexibility index (Phi) is 9.88. The second-order valence-electron chi connectivity index (χ2n) is 8.73. The number of hydrogen-bond acceptors (Lipinski definition) is 4. The first-order valence-electron chi connectivity index (χ1n) is 12.2. The van der Waals surface area contributed by atoms with Gasteiger partial charge in [0.2, 0.25) is 5.91 Å². The lowest BCUT2D eigenvalue weighted by atomic mass is 10.1. The van der Waals surface area contributed by atoms with Crippen LogP contribution in [0.15, 0.2) is 112 Å². The summed E-state index contributed by atoms with van der Waals surface area (Å²) in [5.74, 6) is -1.67. The highest BCUT2D eigenvalue weighted by Gasteiger charge is 2.15. The predicted molar refractivity (Wildman–Crippen MR) is 162 cm³/mol. The number of amides is 3. The lowest BCUT2D eigenvalue weighted by molar-refractivity contribution is -0.114. The monoisotopic (exact) mass is 617 g/mol. The van der Waals surface area contributed by atoms with Gasteiger partial charge in [-0.15, -0.1) is 11.8 Å². The summed E-state index contributed by atoms with van der Waals surface area (Å²) >= 11 is 4.46. The first kappa shape index (κ1) is 28.8. The van der Waals surface area contributed by atoms with Crippen LogP contribution in [0.4, 0.5) is 15.8 Å². The Morgan fingerprint density at radius 3 is 2.33 bits per heavy atom. The van der Waals surface area contributed by atoms with Crippen molar-refractivity contribution in [3.63, 3.8) is 0 Å². The van der Waals surface area contributed by atoms with Gasteiger partial charge in [-0.05, 0) is 73.2 Å². The van der Waals surface area contributed by atoms with E-state index in [9.17, 15) is 18.8 Å². The minimum atomic E-state index is -0.524. The molecule has 9 heteroatoms. The van der Waals surface area contributed by atoms with Gasteiger partial charge in [0.25, 0.3) is 11.8 Å². The molecule has 0 unspecified atom stereocenters. The van der Waals surface area contributed by atoms with Gasteiger partial charge in [0.15, 0.2) is 0 Å². The maximum Gasteiger partial charge on any atom is 0.272 e. The number of benzene rings is 4. The zero-order valence-electron chi connectivity index (χ0n) is 21.4. The Labute approximate surface area is 244 Å². The summed E-state index contributed by atoms with van der Waals surface area (Å²) in [4.78, 5) is 39.1. The van der Waals surface area contributed by atoms with Crippen LogP contribution >= 0.6 is 27.7 Å². The molecule has 0 spiro atoms. The third kappa shape index (κ3) is 8.39. The van der Waals surface area contributed by atoms with Crippen LogP contribution in [0.25, 0.3) is 6.08 Å². The number of carbonyl (C=O) groups excluding carboxylic acids is 3.